The van der Waals surface area contributed by atoms with Crippen molar-refractivity contribution < 1.29 is 0 Å². The van der Waals surface area contributed by atoms with Gasteiger partial charge in [-0.25, -0.2) is 0 Å². The Labute approximate surface area is 107 Å². The van der Waals surface area contributed by atoms with E-state index in [1.54, 1.807) is 0 Å². The first-order chi connectivity index (χ1) is 8.24. The molecule has 2 heterocycles. The van der Waals surface area contributed by atoms with Crippen LogP contribution in [0.25, 0.3) is 0 Å². The Hall–Kier alpha value is -0.480. The molecule has 96 valence electrons. The molecule has 0 saturated carbocycles. The molecule has 2 fully saturated rings. The van der Waals surface area contributed by atoms with Crippen LogP contribution >= 0.6 is 0 Å². The van der Waals surface area contributed by atoms with Crippen molar-refractivity contribution in [3.8, 4) is 12.3 Å². The van der Waals surface area contributed by atoms with Gasteiger partial charge in [0.25, 0.3) is 0 Å². The zero-order valence-corrected chi connectivity index (χ0v) is 11.5. The molecule has 0 aliphatic carbocycles. The third-order valence-electron chi connectivity index (χ3n) is 4.90. The Morgan fingerprint density at radius 2 is 2.06 bits per heavy atom. The minimum atomic E-state index is 0.844. The molecule has 2 rings (SSSR count). The van der Waals surface area contributed by atoms with E-state index in [-0.39, 0.29) is 0 Å². The predicted molar refractivity (Wildman–Crippen MR) is 73.8 cm³/mol. The van der Waals surface area contributed by atoms with Crippen LogP contribution in [0.4, 0.5) is 0 Å². The lowest BCUT2D eigenvalue weighted by Crippen LogP contribution is -2.50. The van der Waals surface area contributed by atoms with Crippen molar-refractivity contribution in [3.63, 3.8) is 0 Å². The molecule has 17 heavy (non-hydrogen) atoms. The van der Waals surface area contributed by atoms with Crippen LogP contribution in [0.15, 0.2) is 0 Å². The fourth-order valence-corrected chi connectivity index (χ4v) is 4.10. The van der Waals surface area contributed by atoms with Gasteiger partial charge in [0.05, 0.1) is 0 Å². The first kappa shape index (κ1) is 13.0. The summed E-state index contributed by atoms with van der Waals surface area (Å²) in [6.45, 7) is 6.25. The number of unbranched alkanes of at least 4 members (excludes halogenated alkanes) is 2. The highest BCUT2D eigenvalue weighted by Crippen LogP contribution is 2.39. The monoisotopic (exact) mass is 233 g/mol. The lowest BCUT2D eigenvalue weighted by Gasteiger charge is -2.45. The summed E-state index contributed by atoms with van der Waals surface area (Å²) in [5.74, 6) is 4.55. The molecule has 0 bridgehead atoms. The highest BCUT2D eigenvalue weighted by atomic mass is 15.2. The van der Waals surface area contributed by atoms with E-state index < -0.39 is 0 Å². The highest BCUT2D eigenvalue weighted by Gasteiger charge is 2.40. The highest BCUT2D eigenvalue weighted by molar-refractivity contribution is 4.95. The first-order valence-corrected chi connectivity index (χ1v) is 7.43. The average molecular weight is 233 g/mol. The van der Waals surface area contributed by atoms with Gasteiger partial charge in [-0.2, -0.15) is 0 Å². The molecule has 1 heteroatoms. The van der Waals surface area contributed by atoms with Crippen LogP contribution in [-0.2, 0) is 0 Å². The smallest absolute Gasteiger partial charge is 0.0124 e. The zero-order chi connectivity index (χ0) is 12.3. The van der Waals surface area contributed by atoms with Gasteiger partial charge in [0.15, 0.2) is 0 Å². The van der Waals surface area contributed by atoms with Crippen LogP contribution in [0, 0.1) is 24.2 Å². The van der Waals surface area contributed by atoms with Crippen LogP contribution in [0.1, 0.15) is 58.8 Å². The number of hydrogen-bond acceptors (Lipinski definition) is 1. The fraction of sp³-hybridized carbons (Fsp3) is 0.875. The van der Waals surface area contributed by atoms with Gasteiger partial charge in [0.2, 0.25) is 0 Å². The van der Waals surface area contributed by atoms with Crippen LogP contribution < -0.4 is 0 Å². The second kappa shape index (κ2) is 5.91. The van der Waals surface area contributed by atoms with E-state index in [9.17, 15) is 0 Å². The molecule has 0 amide bonds. The minimum absolute atomic E-state index is 0.844. The summed E-state index contributed by atoms with van der Waals surface area (Å²) in [7, 11) is 0. The van der Waals surface area contributed by atoms with Gasteiger partial charge in [0, 0.05) is 18.5 Å². The van der Waals surface area contributed by atoms with Crippen molar-refractivity contribution in [3.05, 3.63) is 0 Å². The van der Waals surface area contributed by atoms with Crippen LogP contribution in [0.5, 0.6) is 0 Å². The third-order valence-corrected chi connectivity index (χ3v) is 4.90. The van der Waals surface area contributed by atoms with E-state index in [0.29, 0.717) is 0 Å². The zero-order valence-electron chi connectivity index (χ0n) is 11.5. The van der Waals surface area contributed by atoms with Crippen molar-refractivity contribution >= 4 is 0 Å². The summed E-state index contributed by atoms with van der Waals surface area (Å²) in [4.78, 5) is 2.83. The quantitative estimate of drug-likeness (QED) is 0.529. The second-order valence-corrected chi connectivity index (χ2v) is 6.15. The van der Waals surface area contributed by atoms with Crippen molar-refractivity contribution in [1.82, 2.24) is 4.90 Å². The van der Waals surface area contributed by atoms with Crippen molar-refractivity contribution in [2.45, 2.75) is 70.9 Å². The molecule has 4 atom stereocenters. The molecule has 2 saturated heterocycles. The Kier molecular flexibility index (Phi) is 4.51. The van der Waals surface area contributed by atoms with Crippen LogP contribution in [-0.4, -0.2) is 23.5 Å². The molecule has 4 unspecified atom stereocenters. The molecule has 1 nitrogen and oxygen atoms in total. The maximum absolute atomic E-state index is 5.32. The first-order valence-electron chi connectivity index (χ1n) is 7.43. The third kappa shape index (κ3) is 2.86. The molecule has 2 aliphatic heterocycles. The standard InChI is InChI=1S/C16H27N/c1-4-5-6-7-9-15-13(2)12-14(3)16-10-8-11-17(15)16/h1,13-16H,5-12H2,2-3H3. The largest absolute Gasteiger partial charge is 0.297 e. The summed E-state index contributed by atoms with van der Waals surface area (Å²) < 4.78 is 0. The topological polar surface area (TPSA) is 3.24 Å². The average Bonchev–Trinajstić information content (AvgIpc) is 2.77. The SMILES string of the molecule is C#CCCCCC1C(C)CC(C)C2CCCN12. The van der Waals surface area contributed by atoms with Crippen LogP contribution in [0.3, 0.4) is 0 Å². The van der Waals surface area contributed by atoms with E-state index in [1.807, 2.05) is 0 Å². The lowest BCUT2D eigenvalue weighted by molar-refractivity contribution is 0.0346. The summed E-state index contributed by atoms with van der Waals surface area (Å²) in [5.41, 5.74) is 0. The Bertz CT molecular complexity index is 278. The van der Waals surface area contributed by atoms with Gasteiger partial charge in [-0.3, -0.25) is 4.90 Å². The molecule has 0 aromatic heterocycles. The molecule has 0 spiro atoms. The number of nitrogens with zero attached hydrogens (tertiary/aromatic N) is 1. The van der Waals surface area contributed by atoms with E-state index in [2.05, 4.69) is 24.7 Å². The van der Waals surface area contributed by atoms with Gasteiger partial charge in [-0.05, 0) is 50.5 Å². The van der Waals surface area contributed by atoms with E-state index >= 15 is 0 Å². The number of piperidine rings is 1. The van der Waals surface area contributed by atoms with Crippen molar-refractivity contribution in [2.75, 3.05) is 6.54 Å². The van der Waals surface area contributed by atoms with Crippen LogP contribution in [0.2, 0.25) is 0 Å². The van der Waals surface area contributed by atoms with E-state index in [1.165, 1.54) is 45.1 Å². The molecule has 0 aromatic rings. The number of fused-ring (bicyclic) bond motifs is 1. The Balaban J connectivity index is 1.88. The van der Waals surface area contributed by atoms with Gasteiger partial charge in [0.1, 0.15) is 0 Å². The Morgan fingerprint density at radius 1 is 1.24 bits per heavy atom. The minimum Gasteiger partial charge on any atom is -0.297 e. The summed E-state index contributed by atoms with van der Waals surface area (Å²) in [6.07, 6.45) is 14.5. The Morgan fingerprint density at radius 3 is 2.82 bits per heavy atom. The fourth-order valence-electron chi connectivity index (χ4n) is 4.10. The second-order valence-electron chi connectivity index (χ2n) is 6.15. The van der Waals surface area contributed by atoms with Crippen molar-refractivity contribution in [1.29, 1.82) is 0 Å². The number of rotatable bonds is 4. The van der Waals surface area contributed by atoms with Crippen molar-refractivity contribution in [2.24, 2.45) is 11.8 Å². The maximum atomic E-state index is 5.32. The van der Waals surface area contributed by atoms with Gasteiger partial charge < -0.3 is 0 Å². The molecular formula is C16H27N. The molecule has 0 radical (unpaired) electrons. The molecular weight excluding hydrogens is 206 g/mol. The van der Waals surface area contributed by atoms with E-state index in [0.717, 1.165) is 30.3 Å². The van der Waals surface area contributed by atoms with Gasteiger partial charge >= 0.3 is 0 Å². The normalized spacial score (nSPS) is 37.7. The number of terminal acetylenes is 1. The molecule has 2 aliphatic rings. The summed E-state index contributed by atoms with van der Waals surface area (Å²) >= 11 is 0. The lowest BCUT2D eigenvalue weighted by atomic mass is 9.79. The summed E-state index contributed by atoms with van der Waals surface area (Å²) in [6, 6.07) is 1.74. The van der Waals surface area contributed by atoms with Gasteiger partial charge in [-0.15, -0.1) is 12.3 Å². The van der Waals surface area contributed by atoms with E-state index in [4.69, 9.17) is 6.42 Å². The van der Waals surface area contributed by atoms with Gasteiger partial charge in [-0.1, -0.05) is 20.3 Å². The molecule has 0 aromatic carbocycles. The number of hydrogen-bond donors (Lipinski definition) is 0. The molecule has 0 N–H and O–H groups in total. The predicted octanol–water partition coefficient (Wildman–Crippen LogP) is 3.69. The summed E-state index contributed by atoms with van der Waals surface area (Å²) in [5, 5.41) is 0. The maximum Gasteiger partial charge on any atom is 0.0124 e.